The first-order valence-corrected chi connectivity index (χ1v) is 57.9. The molecule has 0 N–H and O–H groups in total. The molecular formula is C134H108BN3Si4. The van der Waals surface area contributed by atoms with Crippen LogP contribution >= 0.6 is 0 Å². The molecule has 0 bridgehead atoms. The lowest BCUT2D eigenvalue weighted by molar-refractivity contribution is 0.590. The minimum Gasteiger partial charge on any atom is -0.311 e. The number of hydrogen-bond donors (Lipinski definition) is 0. The van der Waals surface area contributed by atoms with Crippen molar-refractivity contribution in [3.05, 3.63) is 557 Å². The van der Waals surface area contributed by atoms with Crippen LogP contribution in [0.25, 0.3) is 49.7 Å². The SMILES string of the molecule is CC(C)(C)c1ccc2c(c1)c1cc(C(C)(C)C)ccc1n2-c1cc2c3c(c1)N(c1cccc([Si](c4ccccc4)(c4ccccc4)c4ccccc4)c1)c1cc(-c4cccc([Si](c5ccccc5)(c5ccccc5)c5ccccc5)c4)ccc1B3c1ccc(-c3cccc([Si](c4ccccc4)(c4ccccc4)c4ccccc4)c3)cc1N2c1cccc([Si](c2ccccc2)(c2ccccc2)c2ccccc2)c1. The third-order valence-corrected chi connectivity index (χ3v) is 49.7. The van der Waals surface area contributed by atoms with E-state index in [0.717, 1.165) is 73.1 Å². The zero-order valence-electron chi connectivity index (χ0n) is 80.9. The van der Waals surface area contributed by atoms with Gasteiger partial charge in [-0.05, 0) is 216 Å². The number of nitrogens with zero attached hydrogens (tertiary/aromatic N) is 3. The van der Waals surface area contributed by atoms with Gasteiger partial charge in [-0.3, -0.25) is 0 Å². The minimum absolute atomic E-state index is 0.141. The van der Waals surface area contributed by atoms with Crippen LogP contribution in [0, 0.1) is 0 Å². The fourth-order valence-corrected chi connectivity index (χ4v) is 43.3. The number of hydrogen-bond acceptors (Lipinski definition) is 2. The molecule has 2 aliphatic heterocycles. The van der Waals surface area contributed by atoms with Gasteiger partial charge >= 0.3 is 0 Å². The topological polar surface area (TPSA) is 11.4 Å². The van der Waals surface area contributed by atoms with Crippen molar-refractivity contribution in [3.8, 4) is 27.9 Å². The van der Waals surface area contributed by atoms with Crippen LogP contribution < -0.4 is 109 Å². The number of anilines is 6. The summed E-state index contributed by atoms with van der Waals surface area (Å²) < 4.78 is 2.63. The van der Waals surface area contributed by atoms with E-state index in [0.29, 0.717) is 0 Å². The van der Waals surface area contributed by atoms with Gasteiger partial charge in [0.15, 0.2) is 32.3 Å². The summed E-state index contributed by atoms with van der Waals surface area (Å²) in [6, 6.07) is 211. The number of aromatic nitrogens is 1. The molecule has 142 heavy (non-hydrogen) atoms. The Morgan fingerprint density at radius 3 is 0.648 bits per heavy atom. The average Bonchev–Trinajstić information content (AvgIpc) is 0.931. The summed E-state index contributed by atoms with van der Waals surface area (Å²) in [5.41, 5.74) is 20.4. The predicted molar refractivity (Wildman–Crippen MR) is 618 cm³/mol. The molecule has 0 atom stereocenters. The Hall–Kier alpha value is -16.0. The monoisotopic (exact) mass is 1880 g/mol. The molecule has 3 heterocycles. The second-order valence-electron chi connectivity index (χ2n) is 40.5. The number of benzene rings is 21. The molecule has 0 saturated carbocycles. The molecule has 678 valence electrons. The van der Waals surface area contributed by atoms with E-state index in [-0.39, 0.29) is 17.5 Å². The summed E-state index contributed by atoms with van der Waals surface area (Å²) in [5.74, 6) is 0. The Morgan fingerprint density at radius 2 is 0.401 bits per heavy atom. The molecule has 2 aliphatic rings. The molecule has 24 rings (SSSR count). The third-order valence-electron chi connectivity index (χ3n) is 30.6. The Bertz CT molecular complexity index is 7520. The maximum absolute atomic E-state index is 3.25. The zero-order chi connectivity index (χ0) is 95.7. The Labute approximate surface area is 839 Å². The van der Waals surface area contributed by atoms with Gasteiger partial charge in [-0.2, -0.15) is 0 Å². The summed E-state index contributed by atoms with van der Waals surface area (Å²) in [6.45, 7) is 13.8. The molecular weight excluding hydrogens is 1770 g/mol. The van der Waals surface area contributed by atoms with Gasteiger partial charge in [0, 0.05) is 44.9 Å². The first kappa shape index (κ1) is 88.6. The van der Waals surface area contributed by atoms with Gasteiger partial charge in [0.1, 0.15) is 0 Å². The van der Waals surface area contributed by atoms with Crippen molar-refractivity contribution in [2.24, 2.45) is 0 Å². The highest BCUT2D eigenvalue weighted by molar-refractivity contribution is 7.22. The highest BCUT2D eigenvalue weighted by Gasteiger charge is 2.50. The molecule has 0 spiro atoms. The largest absolute Gasteiger partial charge is 0.311 e. The molecule has 0 amide bonds. The molecule has 21 aromatic carbocycles. The number of rotatable bonds is 21. The van der Waals surface area contributed by atoms with Crippen molar-refractivity contribution in [2.75, 3.05) is 9.80 Å². The summed E-state index contributed by atoms with van der Waals surface area (Å²) in [5, 5.41) is 23.5. The highest BCUT2D eigenvalue weighted by Crippen LogP contribution is 2.49. The van der Waals surface area contributed by atoms with Crippen molar-refractivity contribution in [2.45, 2.75) is 52.4 Å². The summed E-state index contributed by atoms with van der Waals surface area (Å²) in [4.78, 5) is 5.46. The maximum atomic E-state index is 2.73. The fourth-order valence-electron chi connectivity index (χ4n) is 24.1. The Morgan fingerprint density at radius 1 is 0.176 bits per heavy atom. The van der Waals surface area contributed by atoms with Crippen LogP contribution in [0.4, 0.5) is 34.1 Å². The van der Waals surface area contributed by atoms with Gasteiger partial charge < -0.3 is 14.4 Å². The molecule has 1 aromatic heterocycles. The summed E-state index contributed by atoms with van der Waals surface area (Å²) in [6.07, 6.45) is 0. The van der Waals surface area contributed by atoms with Gasteiger partial charge in [-0.15, -0.1) is 0 Å². The lowest BCUT2D eigenvalue weighted by Crippen LogP contribution is -2.74. The normalized spacial score (nSPS) is 12.7. The standard InChI is InChI=1S/C134H108BN3Si4/c1-133(2,3)101-81-85-126-122(91-101)123-92-102(134(4,5)6)82-86-127(123)138(126)105-95-130-132-131(96-105)137(104-50-46-78-121(94-104)142(115-69-37-16-38-70-115,116-71-39-17-40-72-116)117-73-41-18-42-74-117)129-90-100(98-48-44-76-119(88-98)140(109-57-25-10-26-58-109,110-59-27-11-28-60-110)111-61-29-12-30-62-111)80-84-125(129)135(132)124-83-79-99(97-47-43-75-118(87-97)139(106-51-19-7-20-52-106,107-53-21-8-22-54-107)108-55-23-9-24-56-108)89-128(124)136(130)103-49-45-77-120(93-103)141(112-63-31-13-32-64-112,113-65-33-14-34-66-113)114-67-35-15-36-68-114/h7-96H,1-6H3. The third kappa shape index (κ3) is 14.8. The van der Waals surface area contributed by atoms with Crippen LogP contribution in [0.1, 0.15) is 52.7 Å². The van der Waals surface area contributed by atoms with Crippen LogP contribution in [0.5, 0.6) is 0 Å². The maximum Gasteiger partial charge on any atom is 0.252 e. The lowest BCUT2D eigenvalue weighted by atomic mass is 9.33. The van der Waals surface area contributed by atoms with E-state index in [1.54, 1.807) is 0 Å². The number of fused-ring (bicyclic) bond motifs is 7. The van der Waals surface area contributed by atoms with E-state index in [9.17, 15) is 0 Å². The quantitative estimate of drug-likeness (QED) is 0.0525. The Kier molecular flexibility index (Phi) is 22.7. The van der Waals surface area contributed by atoms with Crippen LogP contribution in [0.3, 0.4) is 0 Å². The zero-order valence-corrected chi connectivity index (χ0v) is 84.9. The van der Waals surface area contributed by atoms with E-state index >= 15 is 0 Å². The Balaban J connectivity index is 0.842. The molecule has 0 unspecified atom stereocenters. The smallest absolute Gasteiger partial charge is 0.252 e. The summed E-state index contributed by atoms with van der Waals surface area (Å²) >= 11 is 0. The van der Waals surface area contributed by atoms with Crippen LogP contribution in [-0.4, -0.2) is 43.6 Å². The molecule has 0 fully saturated rings. The second kappa shape index (κ2) is 36.3. The fraction of sp³-hybridized carbons (Fsp3) is 0.0597. The minimum atomic E-state index is -3.25. The molecule has 8 heteroatoms. The van der Waals surface area contributed by atoms with Crippen LogP contribution in [0.15, 0.2) is 546 Å². The highest BCUT2D eigenvalue weighted by atomic mass is 28.3. The van der Waals surface area contributed by atoms with Crippen molar-refractivity contribution >= 4 is 194 Å². The first-order valence-electron chi connectivity index (χ1n) is 49.9. The lowest BCUT2D eigenvalue weighted by Gasteiger charge is -2.45. The second-order valence-corrected chi connectivity index (χ2v) is 55.7. The van der Waals surface area contributed by atoms with Crippen molar-refractivity contribution in [3.63, 3.8) is 0 Å². The average molecular weight is 1880 g/mol. The molecule has 3 nitrogen and oxygen atoms in total. The predicted octanol–water partition coefficient (Wildman–Crippen LogP) is 20.3. The first-order chi connectivity index (χ1) is 69.7. The summed E-state index contributed by atoms with van der Waals surface area (Å²) in [7, 11) is -12.6. The van der Waals surface area contributed by atoms with E-state index in [1.807, 2.05) is 0 Å². The van der Waals surface area contributed by atoms with Crippen LogP contribution in [0.2, 0.25) is 0 Å². The van der Waals surface area contributed by atoms with Gasteiger partial charge in [0.05, 0.1) is 16.7 Å². The van der Waals surface area contributed by atoms with E-state index in [2.05, 4.69) is 602 Å². The van der Waals surface area contributed by atoms with Crippen molar-refractivity contribution in [1.82, 2.24) is 4.57 Å². The van der Waals surface area contributed by atoms with Gasteiger partial charge in [0.2, 0.25) is 0 Å². The van der Waals surface area contributed by atoms with Crippen molar-refractivity contribution in [1.29, 1.82) is 0 Å². The molecule has 22 aromatic rings. The van der Waals surface area contributed by atoms with Crippen LogP contribution in [-0.2, 0) is 10.8 Å². The van der Waals surface area contributed by atoms with Gasteiger partial charge in [-0.25, -0.2) is 0 Å². The van der Waals surface area contributed by atoms with E-state index in [4.69, 9.17) is 0 Å². The molecule has 0 aliphatic carbocycles. The molecule has 0 radical (unpaired) electrons. The van der Waals surface area contributed by atoms with Gasteiger partial charge in [0.25, 0.3) is 6.71 Å². The van der Waals surface area contributed by atoms with E-state index < -0.39 is 32.3 Å². The molecule has 0 saturated heterocycles. The van der Waals surface area contributed by atoms with E-state index in [1.165, 1.54) is 121 Å². The van der Waals surface area contributed by atoms with Gasteiger partial charge in [-0.1, -0.05) is 515 Å². The van der Waals surface area contributed by atoms with Crippen molar-refractivity contribution < 1.29 is 0 Å².